The predicted molar refractivity (Wildman–Crippen MR) is 49.0 cm³/mol. The van der Waals surface area contributed by atoms with E-state index in [4.69, 9.17) is 19.7 Å². The highest BCUT2D eigenvalue weighted by Gasteiger charge is 2.08. The van der Waals surface area contributed by atoms with Gasteiger partial charge in [0, 0.05) is 20.2 Å². The number of aliphatic hydroxyl groups is 1. The van der Waals surface area contributed by atoms with Crippen molar-refractivity contribution in [2.75, 3.05) is 46.8 Å². The molecule has 0 rings (SSSR count). The van der Waals surface area contributed by atoms with Crippen molar-refractivity contribution in [2.24, 2.45) is 0 Å². The number of hydrogen-bond donors (Lipinski definition) is 2. The Hall–Kier alpha value is -0.690. The monoisotopic (exact) mass is 207 g/mol. The van der Waals surface area contributed by atoms with Gasteiger partial charge in [-0.3, -0.25) is 9.69 Å². The number of aliphatic hydroxyl groups excluding tert-OH is 1. The van der Waals surface area contributed by atoms with E-state index in [1.807, 2.05) is 0 Å². The van der Waals surface area contributed by atoms with Crippen LogP contribution in [0.3, 0.4) is 0 Å². The van der Waals surface area contributed by atoms with Crippen LogP contribution < -0.4 is 0 Å². The van der Waals surface area contributed by atoms with E-state index >= 15 is 0 Å². The molecule has 14 heavy (non-hydrogen) atoms. The summed E-state index contributed by atoms with van der Waals surface area (Å²) in [5.74, 6) is -0.884. The summed E-state index contributed by atoms with van der Waals surface area (Å²) in [4.78, 5) is 12.1. The second kappa shape index (κ2) is 8.89. The number of carbonyl (C=O) groups is 1. The fourth-order valence-electron chi connectivity index (χ4n) is 0.940. The van der Waals surface area contributed by atoms with Gasteiger partial charge in [-0.05, 0) is 0 Å². The molecule has 0 amide bonds. The Morgan fingerprint density at radius 2 is 2.00 bits per heavy atom. The molecule has 6 heteroatoms. The van der Waals surface area contributed by atoms with E-state index < -0.39 is 5.97 Å². The molecule has 0 saturated carbocycles. The summed E-state index contributed by atoms with van der Waals surface area (Å²) in [6, 6.07) is 0. The van der Waals surface area contributed by atoms with Crippen LogP contribution in [0.4, 0.5) is 0 Å². The van der Waals surface area contributed by atoms with Crippen molar-refractivity contribution < 1.29 is 24.5 Å². The number of carboxylic acid groups (broad SMARTS) is 1. The van der Waals surface area contributed by atoms with Crippen molar-refractivity contribution in [1.82, 2.24) is 4.90 Å². The van der Waals surface area contributed by atoms with Crippen molar-refractivity contribution in [2.45, 2.75) is 0 Å². The van der Waals surface area contributed by atoms with Crippen LogP contribution in [0.15, 0.2) is 0 Å². The van der Waals surface area contributed by atoms with Crippen molar-refractivity contribution in [3.63, 3.8) is 0 Å². The van der Waals surface area contributed by atoms with Gasteiger partial charge in [0.15, 0.2) is 0 Å². The fraction of sp³-hybridized carbons (Fsp3) is 0.875. The predicted octanol–water partition coefficient (Wildman–Crippen LogP) is -1.01. The molecule has 0 aromatic heterocycles. The number of nitrogens with zero attached hydrogens (tertiary/aromatic N) is 1. The molecule has 0 fully saturated rings. The molecule has 84 valence electrons. The molecule has 0 aliphatic heterocycles. The third-order valence-corrected chi connectivity index (χ3v) is 1.61. The molecule has 6 nitrogen and oxygen atoms in total. The number of hydrogen-bond acceptors (Lipinski definition) is 5. The van der Waals surface area contributed by atoms with Gasteiger partial charge >= 0.3 is 5.97 Å². The molecule has 0 bridgehead atoms. The maximum absolute atomic E-state index is 10.4. The third kappa shape index (κ3) is 7.93. The molecule has 0 saturated heterocycles. The highest BCUT2D eigenvalue weighted by molar-refractivity contribution is 5.69. The largest absolute Gasteiger partial charge is 0.480 e. The highest BCUT2D eigenvalue weighted by atomic mass is 16.6. The lowest BCUT2D eigenvalue weighted by Gasteiger charge is -2.19. The fourth-order valence-corrected chi connectivity index (χ4v) is 0.940. The summed E-state index contributed by atoms with van der Waals surface area (Å²) >= 11 is 0. The van der Waals surface area contributed by atoms with Gasteiger partial charge in [0.25, 0.3) is 0 Å². The zero-order valence-corrected chi connectivity index (χ0v) is 8.31. The summed E-state index contributed by atoms with van der Waals surface area (Å²) in [5, 5.41) is 16.9. The lowest BCUT2D eigenvalue weighted by Crippen LogP contribution is -2.35. The Bertz CT molecular complexity index is 153. The summed E-state index contributed by atoms with van der Waals surface area (Å²) in [5.41, 5.74) is 0. The molecule has 0 aromatic carbocycles. The first-order chi connectivity index (χ1) is 6.70. The minimum absolute atomic E-state index is 0.0435. The third-order valence-electron chi connectivity index (χ3n) is 1.61. The van der Waals surface area contributed by atoms with E-state index in [0.717, 1.165) is 0 Å². The smallest absolute Gasteiger partial charge is 0.317 e. The topological polar surface area (TPSA) is 79.2 Å². The van der Waals surface area contributed by atoms with Crippen LogP contribution in [0.25, 0.3) is 0 Å². The Kier molecular flexibility index (Phi) is 8.45. The Morgan fingerprint density at radius 3 is 2.50 bits per heavy atom. The Morgan fingerprint density at radius 1 is 1.36 bits per heavy atom. The normalized spacial score (nSPS) is 10.8. The summed E-state index contributed by atoms with van der Waals surface area (Å²) in [6.45, 7) is 1.41. The molecule has 0 atom stereocenters. The molecule has 0 aromatic rings. The number of aliphatic carboxylic acids is 1. The standard InChI is InChI=1S/C8H17NO5/c1-13-4-2-9(6-8(11)12)3-5-14-7-10/h10H,2-7H2,1H3,(H,11,12). The van der Waals surface area contributed by atoms with Gasteiger partial charge in [0.1, 0.15) is 6.79 Å². The first kappa shape index (κ1) is 13.3. The molecule has 0 spiro atoms. The van der Waals surface area contributed by atoms with Gasteiger partial charge in [-0.25, -0.2) is 0 Å². The van der Waals surface area contributed by atoms with E-state index in [1.165, 1.54) is 0 Å². The van der Waals surface area contributed by atoms with E-state index in [9.17, 15) is 4.79 Å². The van der Waals surface area contributed by atoms with Crippen LogP contribution in [0.2, 0.25) is 0 Å². The second-order valence-electron chi connectivity index (χ2n) is 2.70. The van der Waals surface area contributed by atoms with Crippen molar-refractivity contribution >= 4 is 5.97 Å². The van der Waals surface area contributed by atoms with Gasteiger partial charge < -0.3 is 19.7 Å². The van der Waals surface area contributed by atoms with Gasteiger partial charge in [-0.15, -0.1) is 0 Å². The van der Waals surface area contributed by atoms with E-state index in [1.54, 1.807) is 12.0 Å². The maximum Gasteiger partial charge on any atom is 0.317 e. The molecular formula is C8H17NO5. The Labute approximate surface area is 83.0 Å². The second-order valence-corrected chi connectivity index (χ2v) is 2.70. The van der Waals surface area contributed by atoms with Gasteiger partial charge in [0.2, 0.25) is 0 Å². The maximum atomic E-state index is 10.4. The van der Waals surface area contributed by atoms with Crippen LogP contribution in [0, 0.1) is 0 Å². The number of ether oxygens (including phenoxy) is 2. The average molecular weight is 207 g/mol. The van der Waals surface area contributed by atoms with E-state index in [-0.39, 0.29) is 13.3 Å². The van der Waals surface area contributed by atoms with Crippen molar-refractivity contribution in [3.8, 4) is 0 Å². The van der Waals surface area contributed by atoms with Crippen LogP contribution in [0.5, 0.6) is 0 Å². The summed E-state index contributed by atoms with van der Waals surface area (Å²) < 4.78 is 9.54. The van der Waals surface area contributed by atoms with Crippen LogP contribution >= 0.6 is 0 Å². The van der Waals surface area contributed by atoms with Crippen molar-refractivity contribution in [3.05, 3.63) is 0 Å². The molecular weight excluding hydrogens is 190 g/mol. The zero-order valence-electron chi connectivity index (χ0n) is 8.31. The summed E-state index contributed by atoms with van der Waals surface area (Å²) in [6.07, 6.45) is 0. The van der Waals surface area contributed by atoms with Gasteiger partial charge in [0.05, 0.1) is 19.8 Å². The Balaban J connectivity index is 3.66. The van der Waals surface area contributed by atoms with Gasteiger partial charge in [-0.2, -0.15) is 0 Å². The first-order valence-corrected chi connectivity index (χ1v) is 4.32. The zero-order chi connectivity index (χ0) is 10.8. The van der Waals surface area contributed by atoms with Crippen molar-refractivity contribution in [1.29, 1.82) is 0 Å². The lowest BCUT2D eigenvalue weighted by molar-refractivity contribution is -0.138. The lowest BCUT2D eigenvalue weighted by atomic mass is 10.4. The molecule has 0 heterocycles. The highest BCUT2D eigenvalue weighted by Crippen LogP contribution is 1.89. The molecule has 0 unspecified atom stereocenters. The van der Waals surface area contributed by atoms with E-state index in [2.05, 4.69) is 0 Å². The average Bonchev–Trinajstić information content (AvgIpc) is 2.13. The molecule has 2 N–H and O–H groups in total. The molecule has 0 aliphatic rings. The van der Waals surface area contributed by atoms with Gasteiger partial charge in [-0.1, -0.05) is 0 Å². The molecule has 0 radical (unpaired) electrons. The van der Waals surface area contributed by atoms with E-state index in [0.29, 0.717) is 26.3 Å². The minimum Gasteiger partial charge on any atom is -0.480 e. The quantitative estimate of drug-likeness (QED) is 0.372. The number of rotatable bonds is 9. The number of carboxylic acids is 1. The van der Waals surface area contributed by atoms with Crippen LogP contribution in [-0.2, 0) is 14.3 Å². The molecule has 0 aliphatic carbocycles. The SMILES string of the molecule is COCCN(CCOCO)CC(=O)O. The number of methoxy groups -OCH3 is 1. The summed E-state index contributed by atoms with van der Waals surface area (Å²) in [7, 11) is 1.56. The minimum atomic E-state index is -0.884. The van der Waals surface area contributed by atoms with Crippen LogP contribution in [0.1, 0.15) is 0 Å². The van der Waals surface area contributed by atoms with Crippen LogP contribution in [-0.4, -0.2) is 67.8 Å². The first-order valence-electron chi connectivity index (χ1n) is 4.32.